The van der Waals surface area contributed by atoms with Gasteiger partial charge in [-0.05, 0) is 61.2 Å². The highest BCUT2D eigenvalue weighted by molar-refractivity contribution is 5.24. The molecule has 0 heteroatoms. The second-order valence-corrected chi connectivity index (χ2v) is 7.88. The van der Waals surface area contributed by atoms with Crippen LogP contribution < -0.4 is 0 Å². The number of hydrogen-bond acceptors (Lipinski definition) is 0. The van der Waals surface area contributed by atoms with E-state index in [1.165, 1.54) is 38.5 Å². The Bertz CT molecular complexity index is 286. The zero-order chi connectivity index (χ0) is 12.6. The first kappa shape index (κ1) is 13.0. The quantitative estimate of drug-likeness (QED) is 0.509. The van der Waals surface area contributed by atoms with Crippen LogP contribution in [0.5, 0.6) is 0 Å². The molecular formula is C18H32. The summed E-state index contributed by atoms with van der Waals surface area (Å²) in [5.41, 5.74) is 1.77. The molecule has 0 radical (unpaired) electrons. The van der Waals surface area contributed by atoms with Crippen molar-refractivity contribution in [3.8, 4) is 0 Å². The van der Waals surface area contributed by atoms with Crippen LogP contribution in [-0.2, 0) is 0 Å². The average molecular weight is 248 g/mol. The molecule has 2 unspecified atom stereocenters. The van der Waals surface area contributed by atoms with E-state index in [2.05, 4.69) is 13.8 Å². The van der Waals surface area contributed by atoms with Gasteiger partial charge in [-0.25, -0.2) is 0 Å². The molecule has 104 valence electrons. The van der Waals surface area contributed by atoms with Crippen LogP contribution in [0.25, 0.3) is 0 Å². The van der Waals surface area contributed by atoms with E-state index in [0.29, 0.717) is 0 Å². The molecule has 0 spiro atoms. The molecule has 18 heavy (non-hydrogen) atoms. The lowest BCUT2D eigenvalue weighted by Crippen LogP contribution is -2.34. The average Bonchev–Trinajstić information content (AvgIpc) is 2.84. The van der Waals surface area contributed by atoms with Gasteiger partial charge in [-0.2, -0.15) is 0 Å². The molecule has 3 saturated carbocycles. The van der Waals surface area contributed by atoms with Gasteiger partial charge >= 0.3 is 0 Å². The molecule has 0 bridgehead atoms. The molecule has 0 nitrogen and oxygen atoms in total. The van der Waals surface area contributed by atoms with Crippen LogP contribution in [-0.4, -0.2) is 0 Å². The van der Waals surface area contributed by atoms with Crippen molar-refractivity contribution in [3.63, 3.8) is 0 Å². The van der Waals surface area contributed by atoms with Crippen molar-refractivity contribution in [3.05, 3.63) is 0 Å². The molecular weight excluding hydrogens is 216 g/mol. The number of fused-ring (bicyclic) bond motifs is 1. The normalized spacial score (nSPS) is 46.3. The van der Waals surface area contributed by atoms with Gasteiger partial charge in [-0.3, -0.25) is 0 Å². The predicted octanol–water partition coefficient (Wildman–Crippen LogP) is 5.95. The minimum atomic E-state index is 0.881. The van der Waals surface area contributed by atoms with Gasteiger partial charge in [0.15, 0.2) is 0 Å². The first-order valence-corrected chi connectivity index (χ1v) is 8.72. The van der Waals surface area contributed by atoms with E-state index in [-0.39, 0.29) is 0 Å². The summed E-state index contributed by atoms with van der Waals surface area (Å²) >= 11 is 0. The molecule has 2 atom stereocenters. The fourth-order valence-electron chi connectivity index (χ4n) is 5.48. The van der Waals surface area contributed by atoms with Gasteiger partial charge in [0.2, 0.25) is 0 Å². The summed E-state index contributed by atoms with van der Waals surface area (Å²) in [5.74, 6) is 2.16. The summed E-state index contributed by atoms with van der Waals surface area (Å²) in [5, 5.41) is 0. The summed E-state index contributed by atoms with van der Waals surface area (Å²) in [6, 6.07) is 0. The molecule has 3 fully saturated rings. The number of unbranched alkanes of at least 4 members (excludes halogenated alkanes) is 3. The van der Waals surface area contributed by atoms with Crippen LogP contribution in [0, 0.1) is 22.7 Å². The summed E-state index contributed by atoms with van der Waals surface area (Å²) in [4.78, 5) is 0. The monoisotopic (exact) mass is 248 g/mol. The van der Waals surface area contributed by atoms with E-state index in [9.17, 15) is 0 Å². The standard InChI is InChI=1S/C18H32/c1-3-4-5-6-11-17-12-13-18(17,14-17)16-9-7-15(2)8-10-16/h15-16H,3-14H2,1-2H3. The van der Waals surface area contributed by atoms with Crippen molar-refractivity contribution in [2.45, 2.75) is 90.9 Å². The molecule has 3 rings (SSSR count). The third-order valence-corrected chi connectivity index (χ3v) is 6.94. The Morgan fingerprint density at radius 2 is 1.72 bits per heavy atom. The van der Waals surface area contributed by atoms with Crippen molar-refractivity contribution in [1.29, 1.82) is 0 Å². The maximum atomic E-state index is 2.46. The van der Waals surface area contributed by atoms with Crippen LogP contribution in [0.15, 0.2) is 0 Å². The largest absolute Gasteiger partial charge is 0.0654 e. The highest BCUT2D eigenvalue weighted by Gasteiger charge is 2.74. The molecule has 0 heterocycles. The fourth-order valence-corrected chi connectivity index (χ4v) is 5.48. The van der Waals surface area contributed by atoms with Crippen molar-refractivity contribution in [2.24, 2.45) is 22.7 Å². The Hall–Kier alpha value is 0. The SMILES string of the molecule is CCCCCCC12CCC1(C1CCC(C)CC1)C2. The minimum absolute atomic E-state index is 0.881. The van der Waals surface area contributed by atoms with Crippen molar-refractivity contribution < 1.29 is 0 Å². The Balaban J connectivity index is 1.49. The van der Waals surface area contributed by atoms with E-state index in [1.54, 1.807) is 38.5 Å². The van der Waals surface area contributed by atoms with E-state index in [1.807, 2.05) is 0 Å². The Morgan fingerprint density at radius 1 is 0.944 bits per heavy atom. The topological polar surface area (TPSA) is 0 Å². The van der Waals surface area contributed by atoms with Crippen LogP contribution in [0.3, 0.4) is 0 Å². The van der Waals surface area contributed by atoms with Gasteiger partial charge in [0.25, 0.3) is 0 Å². The lowest BCUT2D eigenvalue weighted by atomic mass is 9.61. The zero-order valence-electron chi connectivity index (χ0n) is 12.6. The van der Waals surface area contributed by atoms with Crippen molar-refractivity contribution >= 4 is 0 Å². The highest BCUT2D eigenvalue weighted by atomic mass is 14.8. The highest BCUT2D eigenvalue weighted by Crippen LogP contribution is 2.83. The third-order valence-electron chi connectivity index (χ3n) is 6.94. The zero-order valence-corrected chi connectivity index (χ0v) is 12.6. The van der Waals surface area contributed by atoms with E-state index in [4.69, 9.17) is 0 Å². The number of hydrogen-bond donors (Lipinski definition) is 0. The van der Waals surface area contributed by atoms with Crippen LogP contribution in [0.2, 0.25) is 0 Å². The Kier molecular flexibility index (Phi) is 3.49. The minimum Gasteiger partial charge on any atom is -0.0654 e. The van der Waals surface area contributed by atoms with Gasteiger partial charge in [0.05, 0.1) is 0 Å². The van der Waals surface area contributed by atoms with E-state index >= 15 is 0 Å². The van der Waals surface area contributed by atoms with Gasteiger partial charge in [0.1, 0.15) is 0 Å². The first-order chi connectivity index (χ1) is 8.72. The Morgan fingerprint density at radius 3 is 2.33 bits per heavy atom. The predicted molar refractivity (Wildman–Crippen MR) is 78.6 cm³/mol. The summed E-state index contributed by atoms with van der Waals surface area (Å²) < 4.78 is 0. The molecule has 0 saturated heterocycles. The van der Waals surface area contributed by atoms with Gasteiger partial charge in [-0.1, -0.05) is 52.4 Å². The van der Waals surface area contributed by atoms with Gasteiger partial charge in [-0.15, -0.1) is 0 Å². The first-order valence-electron chi connectivity index (χ1n) is 8.72. The summed E-state index contributed by atoms with van der Waals surface area (Å²) in [6.07, 6.45) is 18.5. The molecule has 0 amide bonds. The molecule has 0 aromatic heterocycles. The molecule has 0 aromatic carbocycles. The maximum absolute atomic E-state index is 2.46. The molecule has 3 aliphatic carbocycles. The molecule has 0 aliphatic heterocycles. The fraction of sp³-hybridized carbons (Fsp3) is 1.00. The van der Waals surface area contributed by atoms with Crippen LogP contribution in [0.1, 0.15) is 90.9 Å². The maximum Gasteiger partial charge on any atom is -0.0207 e. The van der Waals surface area contributed by atoms with Crippen molar-refractivity contribution in [2.75, 3.05) is 0 Å². The van der Waals surface area contributed by atoms with Gasteiger partial charge in [0, 0.05) is 0 Å². The lowest BCUT2D eigenvalue weighted by Gasteiger charge is -2.44. The van der Waals surface area contributed by atoms with Gasteiger partial charge < -0.3 is 0 Å². The smallest absolute Gasteiger partial charge is 0.0207 e. The second-order valence-electron chi connectivity index (χ2n) is 7.88. The number of rotatable bonds is 6. The van der Waals surface area contributed by atoms with E-state index in [0.717, 1.165) is 22.7 Å². The van der Waals surface area contributed by atoms with Crippen LogP contribution in [0.4, 0.5) is 0 Å². The Labute approximate surface area is 114 Å². The summed E-state index contributed by atoms with van der Waals surface area (Å²) in [6.45, 7) is 4.78. The second kappa shape index (κ2) is 4.84. The molecule has 0 N–H and O–H groups in total. The summed E-state index contributed by atoms with van der Waals surface area (Å²) in [7, 11) is 0. The third kappa shape index (κ3) is 1.95. The van der Waals surface area contributed by atoms with Crippen LogP contribution >= 0.6 is 0 Å². The molecule has 3 aliphatic rings. The molecule has 0 aromatic rings. The lowest BCUT2D eigenvalue weighted by molar-refractivity contribution is 0.0605. The van der Waals surface area contributed by atoms with Crippen molar-refractivity contribution in [1.82, 2.24) is 0 Å². The van der Waals surface area contributed by atoms with E-state index < -0.39 is 0 Å².